The van der Waals surface area contributed by atoms with E-state index in [-0.39, 0.29) is 23.7 Å². The summed E-state index contributed by atoms with van der Waals surface area (Å²) in [6.07, 6.45) is 5.53. The van der Waals surface area contributed by atoms with Crippen molar-refractivity contribution < 1.29 is 14.6 Å². The highest BCUT2D eigenvalue weighted by molar-refractivity contribution is 6.31. The molecule has 1 aliphatic rings. The molecule has 2 atom stereocenters. The molecule has 0 bridgehead atoms. The number of ether oxygens (including phenoxy) is 1. The van der Waals surface area contributed by atoms with E-state index in [9.17, 15) is 9.90 Å². The fourth-order valence-corrected chi connectivity index (χ4v) is 5.93. The van der Waals surface area contributed by atoms with Crippen LogP contribution in [0.15, 0.2) is 66.9 Å². The summed E-state index contributed by atoms with van der Waals surface area (Å²) >= 11 is 6.35. The lowest BCUT2D eigenvalue weighted by atomic mass is 9.93. The lowest BCUT2D eigenvalue weighted by Crippen LogP contribution is -2.42. The van der Waals surface area contributed by atoms with E-state index in [1.54, 1.807) is 19.4 Å². The third-order valence-electron chi connectivity index (χ3n) is 7.79. The van der Waals surface area contributed by atoms with Crippen LogP contribution in [0, 0.1) is 0 Å². The van der Waals surface area contributed by atoms with Crippen LogP contribution in [0.3, 0.4) is 0 Å². The number of aromatic hydroxyl groups is 1. The van der Waals surface area contributed by atoms with Crippen LogP contribution in [0.4, 0.5) is 0 Å². The molecule has 3 heterocycles. The number of aryl methyl sites for hydroxylation is 1. The number of rotatable bonds is 10. The average molecular weight is 561 g/mol. The molecule has 1 unspecified atom stereocenters. The summed E-state index contributed by atoms with van der Waals surface area (Å²) in [6, 6.07) is 19.6. The van der Waals surface area contributed by atoms with E-state index in [0.717, 1.165) is 59.6 Å². The first-order valence-electron chi connectivity index (χ1n) is 14.0. The number of piperidine rings is 1. The van der Waals surface area contributed by atoms with Gasteiger partial charge in [0.25, 0.3) is 0 Å². The normalized spacial score (nSPS) is 16.4. The molecular formula is C32H37ClN4O3. The topological polar surface area (TPSA) is 93.6 Å². The third kappa shape index (κ3) is 6.66. The standard InChI is InChI=1S/C32H37ClN4O3/c1-40-15-3-14-37-29(17-24-9-11-27(33)18-30(24)37)26-4-2-13-36(21-26)32(39)19-28(34)16-22-5-7-23(8-6-22)25-10-12-31(38)35-20-25/h5-12,17-18,20,26,28H,2-4,13-16,19,21,34H2,1H3,(H,35,38)/t26?,28-/m1/s1. The van der Waals surface area contributed by atoms with Gasteiger partial charge in [0.1, 0.15) is 0 Å². The van der Waals surface area contributed by atoms with Crippen LogP contribution in [0.1, 0.15) is 42.9 Å². The van der Waals surface area contributed by atoms with Gasteiger partial charge in [0.15, 0.2) is 0 Å². The summed E-state index contributed by atoms with van der Waals surface area (Å²) in [7, 11) is 1.73. The number of likely N-dealkylation sites (tertiary alicyclic amines) is 1. The zero-order valence-electron chi connectivity index (χ0n) is 22.9. The number of carbonyl (C=O) groups excluding carboxylic acids is 1. The Morgan fingerprint density at radius 3 is 2.70 bits per heavy atom. The van der Waals surface area contributed by atoms with E-state index in [4.69, 9.17) is 22.1 Å². The summed E-state index contributed by atoms with van der Waals surface area (Å²) in [5, 5.41) is 11.3. The van der Waals surface area contributed by atoms with Gasteiger partial charge in [-0.3, -0.25) is 4.79 Å². The van der Waals surface area contributed by atoms with Gasteiger partial charge in [-0.25, -0.2) is 4.98 Å². The van der Waals surface area contributed by atoms with Crippen LogP contribution < -0.4 is 5.73 Å². The predicted octanol–water partition coefficient (Wildman–Crippen LogP) is 5.76. The minimum absolute atomic E-state index is 0.00501. The Hall–Kier alpha value is -3.39. The Morgan fingerprint density at radius 2 is 1.95 bits per heavy atom. The number of nitrogens with zero attached hydrogens (tertiary/aromatic N) is 3. The molecule has 1 aliphatic heterocycles. The Morgan fingerprint density at radius 1 is 1.15 bits per heavy atom. The van der Waals surface area contributed by atoms with E-state index < -0.39 is 0 Å². The van der Waals surface area contributed by atoms with Crippen molar-refractivity contribution in [2.45, 2.75) is 50.6 Å². The number of aromatic nitrogens is 2. The fraction of sp³-hybridized carbons (Fsp3) is 0.375. The third-order valence-corrected chi connectivity index (χ3v) is 8.03. The van der Waals surface area contributed by atoms with Crippen LogP contribution in [0.25, 0.3) is 22.0 Å². The highest BCUT2D eigenvalue weighted by Gasteiger charge is 2.28. The number of hydrogen-bond donors (Lipinski definition) is 2. The molecule has 7 nitrogen and oxygen atoms in total. The minimum atomic E-state index is -0.253. The molecular weight excluding hydrogens is 524 g/mol. The Labute approximate surface area is 240 Å². The SMILES string of the molecule is COCCCn1c(C2CCCN(C(=O)C[C@H](N)Cc3ccc(-c4ccc(O)nc4)cc3)C2)cc2ccc(Cl)cc21. The summed E-state index contributed by atoms with van der Waals surface area (Å²) in [5.41, 5.74) is 11.9. The first kappa shape index (κ1) is 28.1. The van der Waals surface area contributed by atoms with E-state index in [2.05, 4.69) is 21.7 Å². The van der Waals surface area contributed by atoms with Gasteiger partial charge >= 0.3 is 0 Å². The number of fused-ring (bicyclic) bond motifs is 1. The van der Waals surface area contributed by atoms with Crippen LogP contribution in [-0.4, -0.2) is 58.3 Å². The van der Waals surface area contributed by atoms with Gasteiger partial charge in [0, 0.05) is 85.8 Å². The van der Waals surface area contributed by atoms with Crippen molar-refractivity contribution in [3.8, 4) is 17.0 Å². The van der Waals surface area contributed by atoms with Crippen LogP contribution in [0.2, 0.25) is 5.02 Å². The molecule has 2 aromatic heterocycles. The number of halogens is 1. The van der Waals surface area contributed by atoms with E-state index in [1.807, 2.05) is 47.4 Å². The van der Waals surface area contributed by atoms with Gasteiger partial charge < -0.3 is 25.0 Å². The molecule has 0 radical (unpaired) electrons. The number of pyridine rings is 1. The quantitative estimate of drug-likeness (QED) is 0.240. The largest absolute Gasteiger partial charge is 0.493 e. The van der Waals surface area contributed by atoms with Crippen molar-refractivity contribution >= 4 is 28.4 Å². The summed E-state index contributed by atoms with van der Waals surface area (Å²) in [5.74, 6) is 0.393. The highest BCUT2D eigenvalue weighted by Crippen LogP contribution is 2.33. The zero-order chi connectivity index (χ0) is 28.1. The summed E-state index contributed by atoms with van der Waals surface area (Å²) in [6.45, 7) is 3.02. The van der Waals surface area contributed by atoms with Crippen molar-refractivity contribution in [2.75, 3.05) is 26.8 Å². The minimum Gasteiger partial charge on any atom is -0.493 e. The second-order valence-electron chi connectivity index (χ2n) is 10.7. The van der Waals surface area contributed by atoms with Crippen LogP contribution in [0.5, 0.6) is 5.88 Å². The second-order valence-corrected chi connectivity index (χ2v) is 11.2. The molecule has 0 saturated carbocycles. The lowest BCUT2D eigenvalue weighted by molar-refractivity contribution is -0.132. The van der Waals surface area contributed by atoms with Crippen molar-refractivity contribution in [2.24, 2.45) is 5.73 Å². The molecule has 40 heavy (non-hydrogen) atoms. The molecule has 0 spiro atoms. The van der Waals surface area contributed by atoms with Crippen molar-refractivity contribution in [1.29, 1.82) is 0 Å². The molecule has 4 aromatic rings. The number of methoxy groups -OCH3 is 1. The molecule has 8 heteroatoms. The van der Waals surface area contributed by atoms with Gasteiger partial charge in [-0.1, -0.05) is 41.9 Å². The maximum atomic E-state index is 13.3. The molecule has 5 rings (SSSR count). The van der Waals surface area contributed by atoms with E-state index in [1.165, 1.54) is 11.1 Å². The number of amides is 1. The molecule has 2 aromatic carbocycles. The number of nitrogens with two attached hydrogens (primary N) is 1. The molecule has 1 amide bonds. The smallest absolute Gasteiger partial charge is 0.224 e. The fourth-order valence-electron chi connectivity index (χ4n) is 5.77. The first-order valence-corrected chi connectivity index (χ1v) is 14.3. The predicted molar refractivity (Wildman–Crippen MR) is 160 cm³/mol. The van der Waals surface area contributed by atoms with Crippen LogP contribution in [-0.2, 0) is 22.5 Å². The molecule has 1 saturated heterocycles. The second kappa shape index (κ2) is 12.9. The maximum Gasteiger partial charge on any atom is 0.224 e. The summed E-state index contributed by atoms with van der Waals surface area (Å²) < 4.78 is 7.67. The van der Waals surface area contributed by atoms with Gasteiger partial charge in [-0.2, -0.15) is 0 Å². The van der Waals surface area contributed by atoms with Gasteiger partial charge in [-0.15, -0.1) is 0 Å². The van der Waals surface area contributed by atoms with Crippen molar-refractivity contribution in [3.05, 3.63) is 83.1 Å². The molecule has 1 fully saturated rings. The van der Waals surface area contributed by atoms with Crippen molar-refractivity contribution in [1.82, 2.24) is 14.5 Å². The maximum absolute atomic E-state index is 13.3. The van der Waals surface area contributed by atoms with E-state index >= 15 is 0 Å². The Kier molecular flexibility index (Phi) is 9.04. The number of carbonyl (C=O) groups is 1. The number of benzene rings is 2. The average Bonchev–Trinajstić information content (AvgIpc) is 3.31. The van der Waals surface area contributed by atoms with Crippen molar-refractivity contribution in [3.63, 3.8) is 0 Å². The lowest BCUT2D eigenvalue weighted by Gasteiger charge is -2.34. The van der Waals surface area contributed by atoms with E-state index in [0.29, 0.717) is 26.0 Å². The Balaban J connectivity index is 1.22. The first-order chi connectivity index (χ1) is 19.4. The van der Waals surface area contributed by atoms with Gasteiger partial charge in [-0.05, 0) is 66.5 Å². The monoisotopic (exact) mass is 560 g/mol. The van der Waals surface area contributed by atoms with Gasteiger partial charge in [0.2, 0.25) is 11.8 Å². The zero-order valence-corrected chi connectivity index (χ0v) is 23.7. The Bertz CT molecular complexity index is 1440. The number of hydrogen-bond acceptors (Lipinski definition) is 5. The van der Waals surface area contributed by atoms with Crippen LogP contribution >= 0.6 is 11.6 Å². The molecule has 0 aliphatic carbocycles. The molecule has 210 valence electrons. The molecule has 3 N–H and O–H groups in total. The highest BCUT2D eigenvalue weighted by atomic mass is 35.5. The van der Waals surface area contributed by atoms with Gasteiger partial charge in [0.05, 0.1) is 0 Å². The summed E-state index contributed by atoms with van der Waals surface area (Å²) in [4.78, 5) is 19.3.